The summed E-state index contributed by atoms with van der Waals surface area (Å²) in [5.41, 5.74) is 3.02. The molecule has 116 valence electrons. The van der Waals surface area contributed by atoms with Crippen LogP contribution in [0, 0.1) is 0 Å². The molecule has 7 heteroatoms. The lowest BCUT2D eigenvalue weighted by atomic mass is 10.2. The number of nitrogens with one attached hydrogen (secondary N) is 1. The predicted molar refractivity (Wildman–Crippen MR) is 92.9 cm³/mol. The maximum absolute atomic E-state index is 12.4. The Bertz CT molecular complexity index is 873. The standard InChI is InChI=1S/C16H12BrN3O2S/c17-14-7-6-13(22-14)16(21)18-15-11-8-23-9-12(11)19-20(15)10-4-2-1-3-5-10/h1-7H,8-9H2,(H,18,21). The molecule has 0 bridgehead atoms. The van der Waals surface area contributed by atoms with Gasteiger partial charge in [-0.2, -0.15) is 16.9 Å². The Hall–Kier alpha value is -1.99. The normalized spacial score (nSPS) is 13.1. The van der Waals surface area contributed by atoms with Crippen molar-refractivity contribution in [2.45, 2.75) is 11.5 Å². The minimum Gasteiger partial charge on any atom is -0.444 e. The smallest absolute Gasteiger partial charge is 0.292 e. The number of fused-ring (bicyclic) bond motifs is 1. The van der Waals surface area contributed by atoms with Gasteiger partial charge in [-0.15, -0.1) is 0 Å². The van der Waals surface area contributed by atoms with Gasteiger partial charge in [0.05, 0.1) is 11.4 Å². The number of nitrogens with zero attached hydrogens (tertiary/aromatic N) is 2. The van der Waals surface area contributed by atoms with E-state index < -0.39 is 0 Å². The Morgan fingerprint density at radius 3 is 2.78 bits per heavy atom. The molecular formula is C16H12BrN3O2S. The fourth-order valence-electron chi connectivity index (χ4n) is 2.50. The van der Waals surface area contributed by atoms with E-state index in [0.717, 1.165) is 28.5 Å². The first-order valence-electron chi connectivity index (χ1n) is 7.03. The molecule has 0 saturated heterocycles. The molecule has 0 fully saturated rings. The number of hydrogen-bond acceptors (Lipinski definition) is 4. The highest BCUT2D eigenvalue weighted by Gasteiger charge is 2.25. The summed E-state index contributed by atoms with van der Waals surface area (Å²) in [4.78, 5) is 12.4. The van der Waals surface area contributed by atoms with Crippen LogP contribution in [-0.4, -0.2) is 15.7 Å². The van der Waals surface area contributed by atoms with E-state index in [9.17, 15) is 4.79 Å². The number of halogens is 1. The molecule has 1 N–H and O–H groups in total. The van der Waals surface area contributed by atoms with Gasteiger partial charge >= 0.3 is 0 Å². The van der Waals surface area contributed by atoms with Crippen LogP contribution < -0.4 is 5.32 Å². The van der Waals surface area contributed by atoms with E-state index in [1.165, 1.54) is 0 Å². The van der Waals surface area contributed by atoms with Gasteiger partial charge in [0.1, 0.15) is 5.82 Å². The first-order chi connectivity index (χ1) is 11.2. The number of rotatable bonds is 3. The number of amides is 1. The lowest BCUT2D eigenvalue weighted by molar-refractivity contribution is 0.0994. The molecule has 0 radical (unpaired) electrons. The minimum absolute atomic E-state index is 0.261. The highest BCUT2D eigenvalue weighted by atomic mass is 79.9. The van der Waals surface area contributed by atoms with Gasteiger partial charge in [-0.1, -0.05) is 18.2 Å². The third-order valence-electron chi connectivity index (χ3n) is 3.58. The van der Waals surface area contributed by atoms with Crippen molar-refractivity contribution in [3.63, 3.8) is 0 Å². The molecular weight excluding hydrogens is 378 g/mol. The average Bonchev–Trinajstić information content (AvgIpc) is 3.25. The lowest BCUT2D eigenvalue weighted by Gasteiger charge is -2.10. The minimum atomic E-state index is -0.285. The molecule has 4 rings (SSSR count). The fraction of sp³-hybridized carbons (Fsp3) is 0.125. The van der Waals surface area contributed by atoms with Crippen molar-refractivity contribution < 1.29 is 9.21 Å². The summed E-state index contributed by atoms with van der Waals surface area (Å²) >= 11 is 5.01. The molecule has 3 heterocycles. The van der Waals surface area contributed by atoms with Gasteiger partial charge in [0.25, 0.3) is 5.91 Å². The second-order valence-corrected chi connectivity index (χ2v) is 6.84. The molecule has 2 aromatic heterocycles. The summed E-state index contributed by atoms with van der Waals surface area (Å²) in [6.45, 7) is 0. The van der Waals surface area contributed by atoms with Crippen LogP contribution in [0.4, 0.5) is 5.82 Å². The summed E-state index contributed by atoms with van der Waals surface area (Å²) < 4.78 is 7.65. The summed E-state index contributed by atoms with van der Waals surface area (Å²) in [6, 6.07) is 13.1. The Labute approximate surface area is 145 Å². The molecule has 0 atom stereocenters. The predicted octanol–water partition coefficient (Wildman–Crippen LogP) is 4.23. The lowest BCUT2D eigenvalue weighted by Crippen LogP contribution is -2.15. The van der Waals surface area contributed by atoms with Crippen molar-refractivity contribution >= 4 is 39.4 Å². The summed E-state index contributed by atoms with van der Waals surface area (Å²) in [5.74, 6) is 2.41. The Morgan fingerprint density at radius 2 is 2.04 bits per heavy atom. The zero-order chi connectivity index (χ0) is 15.8. The highest BCUT2D eigenvalue weighted by molar-refractivity contribution is 9.10. The number of benzene rings is 1. The zero-order valence-corrected chi connectivity index (χ0v) is 14.4. The van der Waals surface area contributed by atoms with Crippen LogP contribution >= 0.6 is 27.7 Å². The highest BCUT2D eigenvalue weighted by Crippen LogP contribution is 2.36. The fourth-order valence-corrected chi connectivity index (χ4v) is 3.84. The van der Waals surface area contributed by atoms with Crippen LogP contribution in [0.3, 0.4) is 0 Å². The van der Waals surface area contributed by atoms with Crippen molar-refractivity contribution in [3.05, 3.63) is 64.2 Å². The third kappa shape index (κ3) is 2.70. The van der Waals surface area contributed by atoms with E-state index in [0.29, 0.717) is 10.5 Å². The Balaban J connectivity index is 1.74. The zero-order valence-electron chi connectivity index (χ0n) is 12.0. The van der Waals surface area contributed by atoms with Gasteiger partial charge in [-0.05, 0) is 40.2 Å². The molecule has 1 aliphatic heterocycles. The SMILES string of the molecule is O=C(Nc1c2c(nn1-c1ccccc1)CSC2)c1ccc(Br)o1. The number of hydrogen-bond donors (Lipinski definition) is 1. The summed E-state index contributed by atoms with van der Waals surface area (Å²) in [5, 5.41) is 7.61. The monoisotopic (exact) mass is 389 g/mol. The topological polar surface area (TPSA) is 60.1 Å². The van der Waals surface area contributed by atoms with Gasteiger partial charge in [0.15, 0.2) is 10.4 Å². The van der Waals surface area contributed by atoms with Gasteiger partial charge in [-0.25, -0.2) is 4.68 Å². The number of para-hydroxylation sites is 1. The summed E-state index contributed by atoms with van der Waals surface area (Å²) in [6.07, 6.45) is 0. The van der Waals surface area contributed by atoms with E-state index >= 15 is 0 Å². The van der Waals surface area contributed by atoms with E-state index in [1.807, 2.05) is 30.3 Å². The number of carbonyl (C=O) groups is 1. The van der Waals surface area contributed by atoms with Gasteiger partial charge < -0.3 is 9.73 Å². The Morgan fingerprint density at radius 1 is 1.22 bits per heavy atom. The van der Waals surface area contributed by atoms with E-state index in [1.54, 1.807) is 28.6 Å². The van der Waals surface area contributed by atoms with E-state index in [-0.39, 0.29) is 11.7 Å². The largest absolute Gasteiger partial charge is 0.444 e. The van der Waals surface area contributed by atoms with Crippen molar-refractivity contribution in [3.8, 4) is 5.69 Å². The second-order valence-electron chi connectivity index (χ2n) is 5.07. The number of anilines is 1. The molecule has 1 aromatic carbocycles. The Kier molecular flexibility index (Phi) is 3.74. The second kappa shape index (κ2) is 5.90. The molecule has 0 unspecified atom stereocenters. The van der Waals surface area contributed by atoms with Crippen molar-refractivity contribution in [2.75, 3.05) is 5.32 Å². The maximum atomic E-state index is 12.4. The summed E-state index contributed by atoms with van der Waals surface area (Å²) in [7, 11) is 0. The molecule has 0 saturated carbocycles. The van der Waals surface area contributed by atoms with Crippen molar-refractivity contribution in [1.29, 1.82) is 0 Å². The molecule has 1 amide bonds. The third-order valence-corrected chi connectivity index (χ3v) is 4.98. The van der Waals surface area contributed by atoms with Crippen LogP contribution in [-0.2, 0) is 11.5 Å². The van der Waals surface area contributed by atoms with Crippen LogP contribution in [0.1, 0.15) is 21.8 Å². The van der Waals surface area contributed by atoms with Crippen molar-refractivity contribution in [1.82, 2.24) is 9.78 Å². The van der Waals surface area contributed by atoms with E-state index in [4.69, 9.17) is 4.42 Å². The first-order valence-corrected chi connectivity index (χ1v) is 8.98. The number of carbonyl (C=O) groups excluding carboxylic acids is 1. The van der Waals surface area contributed by atoms with Gasteiger partial charge in [0.2, 0.25) is 0 Å². The number of furan rings is 1. The first kappa shape index (κ1) is 14.6. The van der Waals surface area contributed by atoms with E-state index in [2.05, 4.69) is 26.3 Å². The van der Waals surface area contributed by atoms with Crippen LogP contribution in [0.15, 0.2) is 51.6 Å². The van der Waals surface area contributed by atoms with Crippen LogP contribution in [0.5, 0.6) is 0 Å². The quantitative estimate of drug-likeness (QED) is 0.727. The van der Waals surface area contributed by atoms with Crippen molar-refractivity contribution in [2.24, 2.45) is 0 Å². The van der Waals surface area contributed by atoms with Gasteiger partial charge in [0, 0.05) is 17.1 Å². The molecule has 0 aliphatic carbocycles. The molecule has 1 aliphatic rings. The number of aromatic nitrogens is 2. The maximum Gasteiger partial charge on any atom is 0.292 e. The molecule has 3 aromatic rings. The molecule has 23 heavy (non-hydrogen) atoms. The molecule has 5 nitrogen and oxygen atoms in total. The van der Waals surface area contributed by atoms with Crippen LogP contribution in [0.2, 0.25) is 0 Å². The average molecular weight is 390 g/mol. The van der Waals surface area contributed by atoms with Crippen LogP contribution in [0.25, 0.3) is 5.69 Å². The van der Waals surface area contributed by atoms with Gasteiger partial charge in [-0.3, -0.25) is 4.79 Å². The molecule has 0 spiro atoms. The number of thioether (sulfide) groups is 1.